The van der Waals surface area contributed by atoms with Crippen molar-refractivity contribution in [1.29, 1.82) is 0 Å². The number of carbonyl (C=O) groups is 1. The predicted octanol–water partition coefficient (Wildman–Crippen LogP) is 4.16. The number of aliphatic hydroxyl groups excluding tert-OH is 1. The molecule has 2 atom stereocenters. The summed E-state index contributed by atoms with van der Waals surface area (Å²) in [7, 11) is 0. The molecule has 4 aromatic rings. The number of carbonyl (C=O) groups excluding carboxylic acids is 1. The van der Waals surface area contributed by atoms with Crippen LogP contribution in [0.3, 0.4) is 0 Å². The summed E-state index contributed by atoms with van der Waals surface area (Å²) in [5, 5.41) is 19.2. The van der Waals surface area contributed by atoms with Gasteiger partial charge in [-0.1, -0.05) is 0 Å². The van der Waals surface area contributed by atoms with Gasteiger partial charge in [0.15, 0.2) is 0 Å². The number of imidazole rings is 1. The van der Waals surface area contributed by atoms with Crippen molar-refractivity contribution in [1.82, 2.24) is 19.7 Å². The number of aromatic nitrogens is 4. The van der Waals surface area contributed by atoms with Gasteiger partial charge in [0.25, 0.3) is 11.9 Å². The molecule has 3 N–H and O–H groups in total. The Kier molecular flexibility index (Phi) is 5.37. The van der Waals surface area contributed by atoms with Gasteiger partial charge in [-0.25, -0.2) is 0 Å². The molecule has 0 fully saturated rings. The fourth-order valence-electron chi connectivity index (χ4n) is 3.95. The highest BCUT2D eigenvalue weighted by Crippen LogP contribution is 2.39. The molecule has 5 rings (SSSR count). The normalized spacial score (nSPS) is 17.4. The Bertz CT molecular complexity index is 1350. The molecule has 1 amide bonds. The van der Waals surface area contributed by atoms with Crippen LogP contribution in [0.5, 0.6) is 11.8 Å². The summed E-state index contributed by atoms with van der Waals surface area (Å²) in [6.45, 7) is 1.77. The number of ether oxygens (including phenoxy) is 2. The lowest BCUT2D eigenvalue weighted by atomic mass is 10.0. The molecular formula is C22H18ClF2N5O4. The molecule has 0 unspecified atom stereocenters. The second kappa shape index (κ2) is 8.26. The van der Waals surface area contributed by atoms with E-state index in [4.69, 9.17) is 16.3 Å². The molecule has 12 heteroatoms. The number of fused-ring (bicyclic) bond motifs is 3. The minimum absolute atomic E-state index is 0.149. The molecule has 1 aliphatic rings. The number of amides is 1. The number of aromatic amines is 1. The lowest BCUT2D eigenvalue weighted by Crippen LogP contribution is -2.23. The summed E-state index contributed by atoms with van der Waals surface area (Å²) in [5.74, 6) is -0.585. The highest BCUT2D eigenvalue weighted by molar-refractivity contribution is 6.20. The quantitative estimate of drug-likeness (QED) is 0.350. The van der Waals surface area contributed by atoms with E-state index in [0.29, 0.717) is 34.0 Å². The van der Waals surface area contributed by atoms with Crippen LogP contribution in [0.4, 0.5) is 14.5 Å². The number of aliphatic hydroxyl groups is 1. The van der Waals surface area contributed by atoms with E-state index in [1.807, 2.05) is 11.5 Å². The third kappa shape index (κ3) is 4.03. The van der Waals surface area contributed by atoms with E-state index in [2.05, 4.69) is 25.2 Å². The van der Waals surface area contributed by atoms with Crippen molar-refractivity contribution in [3.63, 3.8) is 0 Å². The molecule has 3 heterocycles. The van der Waals surface area contributed by atoms with Crippen LogP contribution in [-0.2, 0) is 0 Å². The van der Waals surface area contributed by atoms with Crippen LogP contribution in [-0.4, -0.2) is 49.0 Å². The lowest BCUT2D eigenvalue weighted by Gasteiger charge is -2.15. The van der Waals surface area contributed by atoms with E-state index >= 15 is 0 Å². The largest absolute Gasteiger partial charge is 0.487 e. The number of nitrogens with zero attached hydrogens (tertiary/aromatic N) is 3. The Hall–Kier alpha value is -3.70. The molecule has 2 aromatic carbocycles. The standard InChI is InChI=1S/C22H18ClF2N5O4/c1-11-18(10-31)33-21-28-17-9-12(8-15(19(17)30(11)21)16-6-7-26-29-16)20(32)27-13-2-4-14(5-3-13)34-22(23,24)25/h2-9,11,18,31H,10H2,1H3,(H,26,29)(H,27,32)/t11-,18+/m0/s1. The third-order valence-corrected chi connectivity index (χ3v) is 5.61. The number of H-pyrrole nitrogens is 1. The summed E-state index contributed by atoms with van der Waals surface area (Å²) in [6.07, 6.45) is 1.18. The zero-order valence-corrected chi connectivity index (χ0v) is 18.4. The molecule has 34 heavy (non-hydrogen) atoms. The summed E-state index contributed by atoms with van der Waals surface area (Å²) in [5.41, 5.74) is -0.522. The molecule has 0 saturated heterocycles. The zero-order valence-electron chi connectivity index (χ0n) is 17.6. The van der Waals surface area contributed by atoms with Gasteiger partial charge in [-0.15, -0.1) is 8.78 Å². The topological polar surface area (TPSA) is 114 Å². The second-order valence-corrected chi connectivity index (χ2v) is 8.17. The summed E-state index contributed by atoms with van der Waals surface area (Å²) >= 11 is 4.77. The Balaban J connectivity index is 1.49. The summed E-state index contributed by atoms with van der Waals surface area (Å²) < 4.78 is 37.5. The van der Waals surface area contributed by atoms with E-state index in [9.17, 15) is 18.7 Å². The third-order valence-electron chi connectivity index (χ3n) is 5.53. The van der Waals surface area contributed by atoms with Gasteiger partial charge in [0.2, 0.25) is 0 Å². The van der Waals surface area contributed by atoms with Crippen LogP contribution >= 0.6 is 11.6 Å². The monoisotopic (exact) mass is 489 g/mol. The number of anilines is 1. The molecule has 9 nitrogen and oxygen atoms in total. The smallest absolute Gasteiger partial charge is 0.457 e. The van der Waals surface area contributed by atoms with Gasteiger partial charge in [-0.2, -0.15) is 10.1 Å². The maximum Gasteiger partial charge on any atom is 0.487 e. The number of halogens is 3. The van der Waals surface area contributed by atoms with Crippen molar-refractivity contribution < 1.29 is 28.2 Å². The molecule has 0 radical (unpaired) electrons. The maximum atomic E-state index is 13.0. The SMILES string of the molecule is C[C@H]1[C@@H](CO)Oc2nc3cc(C(=O)Nc4ccc(OC(F)(F)Cl)cc4)cc(-c4ccn[nH]4)c3n21. The molecule has 176 valence electrons. The van der Waals surface area contributed by atoms with Gasteiger partial charge >= 0.3 is 5.57 Å². The number of nitrogens with one attached hydrogen (secondary N) is 2. The van der Waals surface area contributed by atoms with E-state index in [1.54, 1.807) is 24.4 Å². The fraction of sp³-hybridized carbons (Fsp3) is 0.227. The summed E-state index contributed by atoms with van der Waals surface area (Å²) in [6, 6.07) is 10.6. The van der Waals surface area contributed by atoms with Gasteiger partial charge in [-0.05, 0) is 49.4 Å². The molecule has 2 aromatic heterocycles. The Morgan fingerprint density at radius 1 is 1.32 bits per heavy atom. The first-order chi connectivity index (χ1) is 16.2. The van der Waals surface area contributed by atoms with Crippen LogP contribution in [0.1, 0.15) is 23.3 Å². The fourth-order valence-corrected chi connectivity index (χ4v) is 4.04. The van der Waals surface area contributed by atoms with E-state index in [1.165, 1.54) is 24.3 Å². The van der Waals surface area contributed by atoms with Crippen molar-refractivity contribution in [3.05, 3.63) is 54.2 Å². The van der Waals surface area contributed by atoms with E-state index in [0.717, 1.165) is 5.52 Å². The van der Waals surface area contributed by atoms with Crippen LogP contribution in [0.15, 0.2) is 48.7 Å². The van der Waals surface area contributed by atoms with Crippen molar-refractivity contribution in [3.8, 4) is 23.0 Å². The Morgan fingerprint density at radius 3 is 2.74 bits per heavy atom. The van der Waals surface area contributed by atoms with Gasteiger partial charge in [0.05, 0.1) is 29.4 Å². The Morgan fingerprint density at radius 2 is 2.09 bits per heavy atom. The zero-order chi connectivity index (χ0) is 24.0. The minimum atomic E-state index is -3.83. The Labute approximate surface area is 196 Å². The van der Waals surface area contributed by atoms with E-state index in [-0.39, 0.29) is 18.4 Å². The highest BCUT2D eigenvalue weighted by Gasteiger charge is 2.34. The van der Waals surface area contributed by atoms with Crippen molar-refractivity contribution in [2.45, 2.75) is 24.6 Å². The molecular weight excluding hydrogens is 472 g/mol. The average molecular weight is 490 g/mol. The molecule has 0 spiro atoms. The van der Waals surface area contributed by atoms with Crippen LogP contribution < -0.4 is 14.8 Å². The maximum absolute atomic E-state index is 13.0. The van der Waals surface area contributed by atoms with Gasteiger partial charge in [-0.3, -0.25) is 14.5 Å². The van der Waals surface area contributed by atoms with E-state index < -0.39 is 17.6 Å². The van der Waals surface area contributed by atoms with Crippen molar-refractivity contribution >= 4 is 34.2 Å². The van der Waals surface area contributed by atoms with Crippen molar-refractivity contribution in [2.75, 3.05) is 11.9 Å². The number of hydrogen-bond donors (Lipinski definition) is 3. The molecule has 0 bridgehead atoms. The first-order valence-corrected chi connectivity index (χ1v) is 10.6. The summed E-state index contributed by atoms with van der Waals surface area (Å²) in [4.78, 5) is 17.5. The second-order valence-electron chi connectivity index (χ2n) is 7.73. The molecule has 0 saturated carbocycles. The molecule has 1 aliphatic heterocycles. The first-order valence-electron chi connectivity index (χ1n) is 10.2. The predicted molar refractivity (Wildman–Crippen MR) is 119 cm³/mol. The lowest BCUT2D eigenvalue weighted by molar-refractivity contribution is -0.0964. The van der Waals surface area contributed by atoms with Gasteiger partial charge in [0.1, 0.15) is 11.9 Å². The highest BCUT2D eigenvalue weighted by atomic mass is 35.5. The average Bonchev–Trinajstić information content (AvgIpc) is 3.50. The van der Waals surface area contributed by atoms with Crippen LogP contribution in [0.25, 0.3) is 22.3 Å². The molecule has 0 aliphatic carbocycles. The van der Waals surface area contributed by atoms with Crippen LogP contribution in [0, 0.1) is 0 Å². The van der Waals surface area contributed by atoms with Crippen LogP contribution in [0.2, 0.25) is 0 Å². The van der Waals surface area contributed by atoms with Crippen molar-refractivity contribution in [2.24, 2.45) is 0 Å². The number of hydrogen-bond acceptors (Lipinski definition) is 6. The minimum Gasteiger partial charge on any atom is -0.457 e. The first kappa shape index (κ1) is 22.1. The number of rotatable bonds is 6. The van der Waals surface area contributed by atoms with Gasteiger partial charge in [0, 0.05) is 34.6 Å². The van der Waals surface area contributed by atoms with Gasteiger partial charge < -0.3 is 19.9 Å². The number of alkyl halides is 3. The number of benzene rings is 2.